The Morgan fingerprint density at radius 3 is 2.86 bits per heavy atom. The van der Waals surface area contributed by atoms with E-state index in [1.54, 1.807) is 19.8 Å². The molecule has 7 rings (SSSR count). The van der Waals surface area contributed by atoms with Crippen LogP contribution in [0.5, 0.6) is 11.5 Å². The summed E-state index contributed by atoms with van der Waals surface area (Å²) in [4.78, 5) is 18.3. The van der Waals surface area contributed by atoms with Crippen LogP contribution in [0, 0.1) is 11.8 Å². The van der Waals surface area contributed by atoms with E-state index >= 15 is 0 Å². The van der Waals surface area contributed by atoms with Crippen molar-refractivity contribution in [3.05, 3.63) is 29.3 Å². The summed E-state index contributed by atoms with van der Waals surface area (Å²) in [6.07, 6.45) is 5.11. The van der Waals surface area contributed by atoms with Gasteiger partial charge in [-0.2, -0.15) is 0 Å². The number of carbonyl (C=O) groups is 1. The van der Waals surface area contributed by atoms with Crippen molar-refractivity contribution in [2.75, 3.05) is 38.8 Å². The number of amides is 1. The van der Waals surface area contributed by atoms with Crippen LogP contribution in [0.15, 0.2) is 23.8 Å². The van der Waals surface area contributed by atoms with E-state index in [1.165, 1.54) is 12.0 Å². The molecule has 3 saturated heterocycles. The van der Waals surface area contributed by atoms with E-state index < -0.39 is 0 Å². The zero-order chi connectivity index (χ0) is 19.5. The van der Waals surface area contributed by atoms with Crippen molar-refractivity contribution in [1.82, 2.24) is 4.90 Å². The molecule has 2 bridgehead atoms. The maximum atomic E-state index is 13.5. The molecule has 5 heterocycles. The van der Waals surface area contributed by atoms with Crippen molar-refractivity contribution in [3.8, 4) is 11.5 Å². The number of nitrogens with zero attached hydrogens (tertiary/aromatic N) is 2. The van der Waals surface area contributed by atoms with E-state index in [0.717, 1.165) is 30.9 Å². The summed E-state index contributed by atoms with van der Waals surface area (Å²) in [5.74, 6) is 2.57. The van der Waals surface area contributed by atoms with Crippen LogP contribution < -0.4 is 14.4 Å². The van der Waals surface area contributed by atoms with Crippen LogP contribution in [-0.2, 0) is 14.9 Å². The van der Waals surface area contributed by atoms with Crippen LogP contribution in [0.25, 0.3) is 0 Å². The molecule has 1 saturated carbocycles. The summed E-state index contributed by atoms with van der Waals surface area (Å²) in [5, 5.41) is 0. The van der Waals surface area contributed by atoms with Crippen molar-refractivity contribution in [1.29, 1.82) is 0 Å². The number of fused-ring (bicyclic) bond motifs is 2. The van der Waals surface area contributed by atoms with Crippen molar-refractivity contribution in [2.24, 2.45) is 11.8 Å². The van der Waals surface area contributed by atoms with Crippen LogP contribution in [0.4, 0.5) is 5.69 Å². The van der Waals surface area contributed by atoms with Crippen LogP contribution in [0.3, 0.4) is 0 Å². The molecule has 152 valence electrons. The Hall–Kier alpha value is -2.05. The largest absolute Gasteiger partial charge is 0.493 e. The third kappa shape index (κ3) is 1.76. The van der Waals surface area contributed by atoms with Crippen LogP contribution in [-0.4, -0.2) is 62.9 Å². The van der Waals surface area contributed by atoms with Gasteiger partial charge in [0, 0.05) is 30.0 Å². The molecule has 1 aromatic carbocycles. The number of anilines is 1. The van der Waals surface area contributed by atoms with Gasteiger partial charge < -0.3 is 19.1 Å². The Bertz CT molecular complexity index is 974. The highest BCUT2D eigenvalue weighted by Crippen LogP contribution is 2.66. The summed E-state index contributed by atoms with van der Waals surface area (Å²) < 4.78 is 17.6. The quantitative estimate of drug-likeness (QED) is 0.719. The van der Waals surface area contributed by atoms with Gasteiger partial charge in [-0.25, -0.2) is 0 Å². The molecular formula is C23H26N2O4. The van der Waals surface area contributed by atoms with E-state index in [2.05, 4.69) is 21.9 Å². The van der Waals surface area contributed by atoms with Crippen LogP contribution in [0.2, 0.25) is 0 Å². The number of ether oxygens (including phenoxy) is 3. The lowest BCUT2D eigenvalue weighted by atomic mass is 9.53. The fourth-order valence-electron chi connectivity index (χ4n) is 7.87. The Balaban J connectivity index is 1.52. The lowest BCUT2D eigenvalue weighted by Crippen LogP contribution is -2.69. The van der Waals surface area contributed by atoms with Gasteiger partial charge in [-0.15, -0.1) is 0 Å². The van der Waals surface area contributed by atoms with E-state index in [0.29, 0.717) is 36.7 Å². The second kappa shape index (κ2) is 5.35. The summed E-state index contributed by atoms with van der Waals surface area (Å²) in [6.45, 7) is 2.80. The first-order valence-corrected chi connectivity index (χ1v) is 10.8. The maximum absolute atomic E-state index is 13.5. The van der Waals surface area contributed by atoms with Gasteiger partial charge in [0.15, 0.2) is 11.5 Å². The molecule has 0 aromatic heterocycles. The van der Waals surface area contributed by atoms with E-state index in [-0.39, 0.29) is 23.5 Å². The van der Waals surface area contributed by atoms with Crippen molar-refractivity contribution in [3.63, 3.8) is 0 Å². The van der Waals surface area contributed by atoms with E-state index in [1.807, 2.05) is 6.07 Å². The lowest BCUT2D eigenvalue weighted by molar-refractivity contribution is -0.132. The third-order valence-electron chi connectivity index (χ3n) is 8.81. The molecule has 1 spiro atoms. The normalized spacial score (nSPS) is 41.0. The minimum absolute atomic E-state index is 0.0242. The van der Waals surface area contributed by atoms with Crippen LogP contribution >= 0.6 is 0 Å². The number of benzene rings is 1. The third-order valence-corrected chi connectivity index (χ3v) is 8.81. The van der Waals surface area contributed by atoms with Gasteiger partial charge in [0.2, 0.25) is 5.91 Å². The zero-order valence-electron chi connectivity index (χ0n) is 16.9. The predicted octanol–water partition coefficient (Wildman–Crippen LogP) is 2.11. The average Bonchev–Trinajstić information content (AvgIpc) is 3.20. The van der Waals surface area contributed by atoms with Gasteiger partial charge in [0.25, 0.3) is 0 Å². The molecule has 29 heavy (non-hydrogen) atoms. The maximum Gasteiger partial charge on any atom is 0.229 e. The standard InChI is InChI=1S/C23H26N2O4/c1-27-16-8-14-15(9-17(16)28-2)25-20(26)10-18-21-13-7-19-23(14,22(21)25)4-5-24(19)11-12(13)3-6-29-18/h3,8-9,13,18-19,21-22H,4-7,10-11H2,1-2H3/t13-,18+,19-,21-,22-,23-/m1/s1. The monoisotopic (exact) mass is 394 g/mol. The molecule has 4 fully saturated rings. The van der Waals surface area contributed by atoms with Gasteiger partial charge in [0.05, 0.1) is 45.1 Å². The molecule has 6 atom stereocenters. The molecule has 1 aromatic rings. The summed E-state index contributed by atoms with van der Waals surface area (Å²) in [6, 6.07) is 4.87. The molecule has 6 nitrogen and oxygen atoms in total. The van der Waals surface area contributed by atoms with Crippen molar-refractivity contribution in [2.45, 2.75) is 42.9 Å². The first-order chi connectivity index (χ1) is 14.2. The predicted molar refractivity (Wildman–Crippen MR) is 107 cm³/mol. The van der Waals surface area contributed by atoms with Gasteiger partial charge >= 0.3 is 0 Å². The highest BCUT2D eigenvalue weighted by atomic mass is 16.5. The number of rotatable bonds is 2. The molecule has 6 aliphatic rings. The molecular weight excluding hydrogens is 368 g/mol. The minimum atomic E-state index is -0.0242. The summed E-state index contributed by atoms with van der Waals surface area (Å²) >= 11 is 0. The SMILES string of the molecule is COc1cc2c(cc1OC)[C@@]13CCN4CC5=CCO[C@H]6CC(=O)N2[C@@H]1[C@@H]6[C@@H]5C[C@@H]43. The molecule has 6 heteroatoms. The van der Waals surface area contributed by atoms with Gasteiger partial charge in [-0.1, -0.05) is 11.6 Å². The van der Waals surface area contributed by atoms with Gasteiger partial charge in [0.1, 0.15) is 0 Å². The smallest absolute Gasteiger partial charge is 0.229 e. The van der Waals surface area contributed by atoms with Gasteiger partial charge in [-0.3, -0.25) is 9.69 Å². The number of hydrogen-bond donors (Lipinski definition) is 0. The Morgan fingerprint density at radius 1 is 1.21 bits per heavy atom. The van der Waals surface area contributed by atoms with Gasteiger partial charge in [-0.05, 0) is 36.9 Å². The van der Waals surface area contributed by atoms with Crippen molar-refractivity contribution >= 4 is 11.6 Å². The van der Waals surface area contributed by atoms with Crippen LogP contribution in [0.1, 0.15) is 24.8 Å². The number of methoxy groups -OCH3 is 2. The number of hydrogen-bond acceptors (Lipinski definition) is 5. The summed E-state index contributed by atoms with van der Waals surface area (Å²) in [5.41, 5.74) is 3.85. The fraction of sp³-hybridized carbons (Fsp3) is 0.609. The molecule has 1 aliphatic carbocycles. The first-order valence-electron chi connectivity index (χ1n) is 10.8. The molecule has 1 amide bonds. The highest BCUT2D eigenvalue weighted by Gasteiger charge is 2.71. The highest BCUT2D eigenvalue weighted by molar-refractivity contribution is 5.99. The zero-order valence-corrected chi connectivity index (χ0v) is 16.9. The van der Waals surface area contributed by atoms with E-state index in [4.69, 9.17) is 14.2 Å². The fourth-order valence-corrected chi connectivity index (χ4v) is 7.87. The first kappa shape index (κ1) is 16.7. The molecule has 0 N–H and O–H groups in total. The van der Waals surface area contributed by atoms with Crippen molar-refractivity contribution < 1.29 is 19.0 Å². The molecule has 5 aliphatic heterocycles. The summed E-state index contributed by atoms with van der Waals surface area (Å²) in [7, 11) is 3.36. The molecule has 0 unspecified atom stereocenters. The topological polar surface area (TPSA) is 51.2 Å². The van der Waals surface area contributed by atoms with E-state index in [9.17, 15) is 4.79 Å². The average molecular weight is 394 g/mol. The lowest BCUT2D eigenvalue weighted by Gasteiger charge is -2.58. The number of carbonyl (C=O) groups excluding carboxylic acids is 1. The minimum Gasteiger partial charge on any atom is -0.493 e. The Kier molecular flexibility index (Phi) is 3.08. The number of piperidine rings is 2. The Labute approximate surface area is 170 Å². The second-order valence-corrected chi connectivity index (χ2v) is 9.48. The second-order valence-electron chi connectivity index (χ2n) is 9.48. The Morgan fingerprint density at radius 2 is 2.03 bits per heavy atom. The molecule has 0 radical (unpaired) electrons.